The Morgan fingerprint density at radius 2 is 1.95 bits per heavy atom. The van der Waals surface area contributed by atoms with Gasteiger partial charge < -0.3 is 9.64 Å². The van der Waals surface area contributed by atoms with E-state index in [9.17, 15) is 13.6 Å². The highest BCUT2D eigenvalue weighted by molar-refractivity contribution is 5.94. The highest BCUT2D eigenvalue weighted by Crippen LogP contribution is 2.12. The molecule has 110 valence electrons. The van der Waals surface area contributed by atoms with Crippen LogP contribution in [0.1, 0.15) is 10.4 Å². The minimum absolute atomic E-state index is 0.247. The average molecular weight is 292 g/mol. The standard InChI is InChI=1S/C15H14F2N2O2/c1-19(9-10-21-11-5-3-2-4-6-11)15(20)12-7-8-18-14(17)13(12)16/h2-8H,9-10H2,1H3. The fourth-order valence-corrected chi connectivity index (χ4v) is 1.71. The van der Waals surface area contributed by atoms with Crippen LogP contribution in [0.2, 0.25) is 0 Å². The van der Waals surface area contributed by atoms with Crippen LogP contribution in [0.5, 0.6) is 5.75 Å². The predicted molar refractivity (Wildman–Crippen MR) is 73.1 cm³/mol. The minimum Gasteiger partial charge on any atom is -0.492 e. The van der Waals surface area contributed by atoms with Crippen molar-refractivity contribution in [2.45, 2.75) is 0 Å². The van der Waals surface area contributed by atoms with Crippen LogP contribution in [0.15, 0.2) is 42.6 Å². The quantitative estimate of drug-likeness (QED) is 0.795. The maximum Gasteiger partial charge on any atom is 0.256 e. The predicted octanol–water partition coefficient (Wildman–Crippen LogP) is 2.51. The van der Waals surface area contributed by atoms with E-state index in [0.29, 0.717) is 5.75 Å². The number of rotatable bonds is 5. The van der Waals surface area contributed by atoms with Crippen molar-refractivity contribution in [3.05, 3.63) is 59.9 Å². The number of aromatic nitrogens is 1. The van der Waals surface area contributed by atoms with E-state index in [1.54, 1.807) is 12.1 Å². The number of nitrogens with zero attached hydrogens (tertiary/aromatic N) is 2. The molecule has 6 heteroatoms. The molecule has 4 nitrogen and oxygen atoms in total. The third-order valence-electron chi connectivity index (χ3n) is 2.86. The van der Waals surface area contributed by atoms with E-state index in [1.165, 1.54) is 11.9 Å². The third kappa shape index (κ3) is 3.75. The first-order valence-electron chi connectivity index (χ1n) is 6.33. The summed E-state index contributed by atoms with van der Waals surface area (Å²) in [4.78, 5) is 16.4. The Labute approximate surface area is 121 Å². The van der Waals surface area contributed by atoms with Gasteiger partial charge in [0.2, 0.25) is 5.95 Å². The number of para-hydroxylation sites is 1. The lowest BCUT2D eigenvalue weighted by atomic mass is 10.2. The number of amides is 1. The fourth-order valence-electron chi connectivity index (χ4n) is 1.71. The summed E-state index contributed by atoms with van der Waals surface area (Å²) in [6, 6.07) is 10.3. The van der Waals surface area contributed by atoms with E-state index in [1.807, 2.05) is 18.2 Å². The van der Waals surface area contributed by atoms with Gasteiger partial charge >= 0.3 is 0 Å². The van der Waals surface area contributed by atoms with Crippen LogP contribution in [0.4, 0.5) is 8.78 Å². The lowest BCUT2D eigenvalue weighted by Gasteiger charge is -2.17. The van der Waals surface area contributed by atoms with Crippen molar-refractivity contribution in [1.29, 1.82) is 0 Å². The van der Waals surface area contributed by atoms with Crippen LogP contribution < -0.4 is 4.74 Å². The monoisotopic (exact) mass is 292 g/mol. The number of likely N-dealkylation sites (N-methyl/N-ethyl adjacent to an activating group) is 1. The molecule has 0 radical (unpaired) electrons. The van der Waals surface area contributed by atoms with Gasteiger partial charge in [-0.1, -0.05) is 18.2 Å². The SMILES string of the molecule is CN(CCOc1ccccc1)C(=O)c1ccnc(F)c1F. The van der Waals surface area contributed by atoms with E-state index in [4.69, 9.17) is 4.74 Å². The first-order valence-corrected chi connectivity index (χ1v) is 6.33. The zero-order chi connectivity index (χ0) is 15.2. The second kappa shape index (κ2) is 6.78. The number of halogens is 2. The molecule has 2 rings (SSSR count). The van der Waals surface area contributed by atoms with Crippen molar-refractivity contribution < 1.29 is 18.3 Å². The fraction of sp³-hybridized carbons (Fsp3) is 0.200. The van der Waals surface area contributed by atoms with Gasteiger partial charge in [0.25, 0.3) is 5.91 Å². The highest BCUT2D eigenvalue weighted by Gasteiger charge is 2.19. The van der Waals surface area contributed by atoms with Crippen molar-refractivity contribution in [1.82, 2.24) is 9.88 Å². The van der Waals surface area contributed by atoms with Gasteiger partial charge in [0.05, 0.1) is 12.1 Å². The molecule has 0 unspecified atom stereocenters. The summed E-state index contributed by atoms with van der Waals surface area (Å²) in [7, 11) is 1.49. The summed E-state index contributed by atoms with van der Waals surface area (Å²) in [6.07, 6.45) is 1.06. The van der Waals surface area contributed by atoms with E-state index in [2.05, 4.69) is 4.98 Å². The summed E-state index contributed by atoms with van der Waals surface area (Å²) in [5.74, 6) is -2.46. The molecular weight excluding hydrogens is 278 g/mol. The maximum atomic E-state index is 13.5. The molecule has 21 heavy (non-hydrogen) atoms. The van der Waals surface area contributed by atoms with Gasteiger partial charge in [-0.05, 0) is 18.2 Å². The zero-order valence-electron chi connectivity index (χ0n) is 11.4. The Balaban J connectivity index is 1.92. The first-order chi connectivity index (χ1) is 10.1. The van der Waals surface area contributed by atoms with Crippen molar-refractivity contribution in [3.63, 3.8) is 0 Å². The van der Waals surface area contributed by atoms with Crippen molar-refractivity contribution in [2.75, 3.05) is 20.2 Å². The largest absolute Gasteiger partial charge is 0.492 e. The summed E-state index contributed by atoms with van der Waals surface area (Å²) in [5, 5.41) is 0. The highest BCUT2D eigenvalue weighted by atomic mass is 19.2. The van der Waals surface area contributed by atoms with Crippen molar-refractivity contribution in [2.24, 2.45) is 0 Å². The molecule has 0 saturated heterocycles. The number of ether oxygens (including phenoxy) is 1. The summed E-state index contributed by atoms with van der Waals surface area (Å²) in [5.41, 5.74) is -0.343. The van der Waals surface area contributed by atoms with E-state index in [-0.39, 0.29) is 18.7 Å². The molecule has 0 aliphatic rings. The molecule has 2 aromatic rings. The summed E-state index contributed by atoms with van der Waals surface area (Å²) >= 11 is 0. The Hall–Kier alpha value is -2.50. The van der Waals surface area contributed by atoms with Gasteiger partial charge in [-0.2, -0.15) is 4.39 Å². The van der Waals surface area contributed by atoms with Crippen LogP contribution in [0, 0.1) is 11.8 Å². The first kappa shape index (κ1) is 14.9. The van der Waals surface area contributed by atoms with Gasteiger partial charge in [-0.3, -0.25) is 4.79 Å². The Kier molecular flexibility index (Phi) is 4.81. The molecule has 0 aliphatic heterocycles. The van der Waals surface area contributed by atoms with Crippen molar-refractivity contribution >= 4 is 5.91 Å². The molecule has 0 fully saturated rings. The Morgan fingerprint density at radius 1 is 1.24 bits per heavy atom. The van der Waals surface area contributed by atoms with Crippen LogP contribution in [0.25, 0.3) is 0 Å². The Bertz CT molecular complexity index is 620. The molecule has 1 aromatic carbocycles. The van der Waals surface area contributed by atoms with E-state index < -0.39 is 17.7 Å². The molecule has 1 heterocycles. The third-order valence-corrected chi connectivity index (χ3v) is 2.86. The summed E-state index contributed by atoms with van der Waals surface area (Å²) < 4.78 is 31.9. The van der Waals surface area contributed by atoms with Gasteiger partial charge in [-0.15, -0.1) is 0 Å². The van der Waals surface area contributed by atoms with Crippen LogP contribution in [0.3, 0.4) is 0 Å². The number of hydrogen-bond donors (Lipinski definition) is 0. The molecule has 0 aliphatic carbocycles. The van der Waals surface area contributed by atoms with E-state index >= 15 is 0 Å². The Morgan fingerprint density at radius 3 is 2.67 bits per heavy atom. The lowest BCUT2D eigenvalue weighted by molar-refractivity contribution is 0.0767. The molecular formula is C15H14F2N2O2. The minimum atomic E-state index is -1.28. The molecule has 0 atom stereocenters. The molecule has 1 aromatic heterocycles. The molecule has 0 spiro atoms. The topological polar surface area (TPSA) is 42.4 Å². The number of carbonyl (C=O) groups excluding carboxylic acids is 1. The van der Waals surface area contributed by atoms with Crippen molar-refractivity contribution in [3.8, 4) is 5.75 Å². The maximum absolute atomic E-state index is 13.5. The lowest BCUT2D eigenvalue weighted by Crippen LogP contribution is -2.31. The van der Waals surface area contributed by atoms with Crippen LogP contribution in [-0.4, -0.2) is 36.0 Å². The second-order valence-corrected chi connectivity index (χ2v) is 4.35. The number of carbonyl (C=O) groups is 1. The normalized spacial score (nSPS) is 10.2. The van der Waals surface area contributed by atoms with Crippen LogP contribution >= 0.6 is 0 Å². The molecule has 0 bridgehead atoms. The van der Waals surface area contributed by atoms with E-state index in [0.717, 1.165) is 12.3 Å². The zero-order valence-corrected chi connectivity index (χ0v) is 11.4. The molecule has 0 saturated carbocycles. The molecule has 0 N–H and O–H groups in total. The molecule has 1 amide bonds. The number of benzene rings is 1. The smallest absolute Gasteiger partial charge is 0.256 e. The van der Waals surface area contributed by atoms with Gasteiger partial charge in [0, 0.05) is 13.2 Å². The summed E-state index contributed by atoms with van der Waals surface area (Å²) in [6.45, 7) is 0.499. The number of pyridine rings is 1. The number of hydrogen-bond acceptors (Lipinski definition) is 3. The van der Waals surface area contributed by atoms with Gasteiger partial charge in [0.15, 0.2) is 5.82 Å². The van der Waals surface area contributed by atoms with Crippen LogP contribution in [-0.2, 0) is 0 Å². The van der Waals surface area contributed by atoms with Gasteiger partial charge in [0.1, 0.15) is 12.4 Å². The van der Waals surface area contributed by atoms with Gasteiger partial charge in [-0.25, -0.2) is 9.37 Å². The second-order valence-electron chi connectivity index (χ2n) is 4.35. The average Bonchev–Trinajstić information content (AvgIpc) is 2.50.